The summed E-state index contributed by atoms with van der Waals surface area (Å²) in [6.07, 6.45) is 1.26. The lowest BCUT2D eigenvalue weighted by Gasteiger charge is -2.02. The zero-order chi connectivity index (χ0) is 12.4. The molecule has 0 bridgehead atoms. The van der Waals surface area contributed by atoms with Gasteiger partial charge in [-0.1, -0.05) is 24.6 Å². The normalized spacial score (nSPS) is 10.5. The highest BCUT2D eigenvalue weighted by atomic mass is 35.5. The summed E-state index contributed by atoms with van der Waals surface area (Å²) in [7, 11) is 0. The number of halogens is 2. The molecule has 17 heavy (non-hydrogen) atoms. The van der Waals surface area contributed by atoms with Crippen molar-refractivity contribution in [3.63, 3.8) is 0 Å². The number of aromatic nitrogens is 2. The molecular formula is C12H10ClFN2O. The highest BCUT2D eigenvalue weighted by Gasteiger charge is 2.15. The molecule has 1 aromatic heterocycles. The molecule has 2 aromatic rings. The van der Waals surface area contributed by atoms with Crippen molar-refractivity contribution in [3.8, 4) is 5.69 Å². The maximum absolute atomic E-state index is 13.1. The van der Waals surface area contributed by atoms with Gasteiger partial charge in [-0.25, -0.2) is 9.07 Å². The molecule has 0 amide bonds. The first-order chi connectivity index (χ1) is 8.17. The minimum atomic E-state index is -0.375. The van der Waals surface area contributed by atoms with E-state index in [9.17, 15) is 9.18 Å². The summed E-state index contributed by atoms with van der Waals surface area (Å²) in [6, 6.07) is 5.89. The fourth-order valence-corrected chi connectivity index (χ4v) is 1.90. The molecule has 0 saturated heterocycles. The molecule has 0 aliphatic carbocycles. The molecule has 0 atom stereocenters. The van der Waals surface area contributed by atoms with E-state index in [0.717, 1.165) is 0 Å². The zero-order valence-corrected chi connectivity index (χ0v) is 9.91. The van der Waals surface area contributed by atoms with Crippen LogP contribution in [0.5, 0.6) is 0 Å². The summed E-state index contributed by atoms with van der Waals surface area (Å²) in [6.45, 7) is 1.88. The van der Waals surface area contributed by atoms with Crippen LogP contribution in [0.25, 0.3) is 5.69 Å². The number of carbonyl (C=O) groups is 1. The second kappa shape index (κ2) is 4.67. The molecular weight excluding hydrogens is 243 g/mol. The van der Waals surface area contributed by atoms with Crippen LogP contribution in [0.15, 0.2) is 24.3 Å². The zero-order valence-electron chi connectivity index (χ0n) is 9.15. The monoisotopic (exact) mass is 252 g/mol. The van der Waals surface area contributed by atoms with Crippen LogP contribution < -0.4 is 0 Å². The Morgan fingerprint density at radius 3 is 2.82 bits per heavy atom. The Labute approximate surface area is 103 Å². The standard InChI is InChI=1S/C12H10ClFN2O/c1-2-11-10(7-17)12(13)16(15-11)9-5-3-4-8(14)6-9/h3-7H,2H2,1H3. The van der Waals surface area contributed by atoms with Crippen molar-refractivity contribution < 1.29 is 9.18 Å². The molecule has 1 aromatic carbocycles. The summed E-state index contributed by atoms with van der Waals surface area (Å²) >= 11 is 6.04. The predicted molar refractivity (Wildman–Crippen MR) is 63.3 cm³/mol. The summed E-state index contributed by atoms with van der Waals surface area (Å²) in [4.78, 5) is 10.9. The van der Waals surface area contributed by atoms with Crippen molar-refractivity contribution in [2.24, 2.45) is 0 Å². The molecule has 0 N–H and O–H groups in total. The molecule has 0 unspecified atom stereocenters. The highest BCUT2D eigenvalue weighted by molar-refractivity contribution is 6.32. The first-order valence-electron chi connectivity index (χ1n) is 5.16. The van der Waals surface area contributed by atoms with Gasteiger partial charge in [-0.15, -0.1) is 0 Å². The summed E-state index contributed by atoms with van der Waals surface area (Å²) in [5.74, 6) is -0.375. The quantitative estimate of drug-likeness (QED) is 0.787. The number of aldehydes is 1. The van der Waals surface area contributed by atoms with Crippen LogP contribution in [0.3, 0.4) is 0 Å². The fourth-order valence-electron chi connectivity index (χ4n) is 1.61. The molecule has 3 nitrogen and oxygen atoms in total. The van der Waals surface area contributed by atoms with E-state index in [1.807, 2.05) is 6.92 Å². The van der Waals surface area contributed by atoms with E-state index in [1.165, 1.54) is 16.8 Å². The van der Waals surface area contributed by atoms with E-state index in [0.29, 0.717) is 29.7 Å². The van der Waals surface area contributed by atoms with Crippen molar-refractivity contribution >= 4 is 17.9 Å². The second-order valence-electron chi connectivity index (χ2n) is 3.51. The van der Waals surface area contributed by atoms with Crippen LogP contribution >= 0.6 is 11.6 Å². The molecule has 0 fully saturated rings. The first-order valence-corrected chi connectivity index (χ1v) is 5.53. The molecule has 1 heterocycles. The Morgan fingerprint density at radius 2 is 2.29 bits per heavy atom. The molecule has 2 rings (SSSR count). The predicted octanol–water partition coefficient (Wildman–Crippen LogP) is 3.04. The van der Waals surface area contributed by atoms with Gasteiger partial charge in [0.25, 0.3) is 0 Å². The van der Waals surface area contributed by atoms with Gasteiger partial charge in [0.2, 0.25) is 0 Å². The van der Waals surface area contributed by atoms with Gasteiger partial charge < -0.3 is 0 Å². The SMILES string of the molecule is CCc1nn(-c2cccc(F)c2)c(Cl)c1C=O. The number of rotatable bonds is 3. The lowest BCUT2D eigenvalue weighted by Crippen LogP contribution is -1.97. The molecule has 0 aliphatic heterocycles. The topological polar surface area (TPSA) is 34.9 Å². The average molecular weight is 253 g/mol. The number of carbonyl (C=O) groups excluding carboxylic acids is 1. The van der Waals surface area contributed by atoms with E-state index < -0.39 is 0 Å². The Kier molecular flexibility index (Phi) is 3.24. The second-order valence-corrected chi connectivity index (χ2v) is 3.87. The number of hydrogen-bond donors (Lipinski definition) is 0. The van der Waals surface area contributed by atoms with Gasteiger partial charge in [0.05, 0.1) is 16.9 Å². The Hall–Kier alpha value is -1.68. The van der Waals surface area contributed by atoms with Crippen molar-refractivity contribution in [3.05, 3.63) is 46.5 Å². The Balaban J connectivity index is 2.60. The Bertz CT molecular complexity index is 566. The van der Waals surface area contributed by atoms with Crippen molar-refractivity contribution in [2.75, 3.05) is 0 Å². The van der Waals surface area contributed by atoms with Gasteiger partial charge in [0, 0.05) is 0 Å². The summed E-state index contributed by atoms with van der Waals surface area (Å²) < 4.78 is 14.5. The summed E-state index contributed by atoms with van der Waals surface area (Å²) in [5, 5.41) is 4.41. The van der Waals surface area contributed by atoms with Gasteiger partial charge in [-0.3, -0.25) is 4.79 Å². The fraction of sp³-hybridized carbons (Fsp3) is 0.167. The Morgan fingerprint density at radius 1 is 1.53 bits per heavy atom. The number of aryl methyl sites for hydroxylation is 1. The van der Waals surface area contributed by atoms with E-state index in [4.69, 9.17) is 11.6 Å². The van der Waals surface area contributed by atoms with Crippen molar-refractivity contribution in [1.29, 1.82) is 0 Å². The van der Waals surface area contributed by atoms with Crippen LogP contribution in [0.4, 0.5) is 4.39 Å². The molecule has 0 radical (unpaired) electrons. The molecule has 0 spiro atoms. The minimum absolute atomic E-state index is 0.211. The third kappa shape index (κ3) is 2.08. The van der Waals surface area contributed by atoms with Crippen LogP contribution in [-0.2, 0) is 6.42 Å². The maximum Gasteiger partial charge on any atom is 0.155 e. The van der Waals surface area contributed by atoms with Gasteiger partial charge in [0.15, 0.2) is 6.29 Å². The lowest BCUT2D eigenvalue weighted by molar-refractivity contribution is 0.112. The first kappa shape index (κ1) is 11.8. The van der Waals surface area contributed by atoms with Crippen LogP contribution in [0, 0.1) is 5.82 Å². The summed E-state index contributed by atoms with van der Waals surface area (Å²) in [5.41, 5.74) is 1.46. The van der Waals surface area contributed by atoms with E-state index >= 15 is 0 Å². The molecule has 0 saturated carbocycles. The van der Waals surface area contributed by atoms with Gasteiger partial charge in [-0.2, -0.15) is 5.10 Å². The van der Waals surface area contributed by atoms with Gasteiger partial charge in [0.1, 0.15) is 11.0 Å². The maximum atomic E-state index is 13.1. The third-order valence-corrected chi connectivity index (χ3v) is 2.81. The highest BCUT2D eigenvalue weighted by Crippen LogP contribution is 2.23. The van der Waals surface area contributed by atoms with Gasteiger partial charge >= 0.3 is 0 Å². The molecule has 5 heteroatoms. The van der Waals surface area contributed by atoms with Crippen molar-refractivity contribution in [2.45, 2.75) is 13.3 Å². The lowest BCUT2D eigenvalue weighted by atomic mass is 10.2. The minimum Gasteiger partial charge on any atom is -0.298 e. The average Bonchev–Trinajstić information content (AvgIpc) is 2.65. The van der Waals surface area contributed by atoms with E-state index in [-0.39, 0.29) is 11.0 Å². The largest absolute Gasteiger partial charge is 0.298 e. The molecule has 0 aliphatic rings. The van der Waals surface area contributed by atoms with Crippen LogP contribution in [0.2, 0.25) is 5.15 Å². The number of nitrogens with zero attached hydrogens (tertiary/aromatic N) is 2. The van der Waals surface area contributed by atoms with E-state index in [1.54, 1.807) is 12.1 Å². The van der Waals surface area contributed by atoms with Crippen LogP contribution in [0.1, 0.15) is 23.0 Å². The third-order valence-electron chi connectivity index (χ3n) is 2.45. The number of benzene rings is 1. The van der Waals surface area contributed by atoms with Gasteiger partial charge in [-0.05, 0) is 24.6 Å². The van der Waals surface area contributed by atoms with Crippen LogP contribution in [-0.4, -0.2) is 16.1 Å². The number of hydrogen-bond acceptors (Lipinski definition) is 2. The van der Waals surface area contributed by atoms with Crippen molar-refractivity contribution in [1.82, 2.24) is 9.78 Å². The molecule has 88 valence electrons. The smallest absolute Gasteiger partial charge is 0.155 e. The van der Waals surface area contributed by atoms with E-state index in [2.05, 4.69) is 5.10 Å².